The molecule has 2 aromatic carbocycles. The lowest BCUT2D eigenvalue weighted by atomic mass is 9.74. The summed E-state index contributed by atoms with van der Waals surface area (Å²) in [5.41, 5.74) is 3.42. The zero-order valence-electron chi connectivity index (χ0n) is 17.7. The molecule has 1 aromatic heterocycles. The molecule has 3 N–H and O–H groups in total. The second kappa shape index (κ2) is 10.6. The van der Waals surface area contributed by atoms with Crippen molar-refractivity contribution in [1.82, 2.24) is 15.6 Å². The van der Waals surface area contributed by atoms with Gasteiger partial charge in [-0.3, -0.25) is 4.79 Å². The van der Waals surface area contributed by atoms with Crippen LogP contribution < -0.4 is 10.8 Å². The average molecular weight is 529 g/mol. The summed E-state index contributed by atoms with van der Waals surface area (Å²) in [5.74, 6) is -0.684. The van der Waals surface area contributed by atoms with Crippen LogP contribution in [0.15, 0.2) is 56.9 Å². The molecular weight excluding hydrogens is 510 g/mol. The summed E-state index contributed by atoms with van der Waals surface area (Å²) in [6.45, 7) is 0.345. The monoisotopic (exact) mass is 528 g/mol. The lowest BCUT2D eigenvalue weighted by Gasteiger charge is -2.15. The number of rotatable bonds is 8. The van der Waals surface area contributed by atoms with Gasteiger partial charge in [-0.15, -0.1) is 0 Å². The van der Waals surface area contributed by atoms with E-state index in [2.05, 4.69) is 36.7 Å². The number of aromatic nitrogens is 2. The zero-order valence-corrected chi connectivity index (χ0v) is 19.3. The van der Waals surface area contributed by atoms with Crippen LogP contribution in [0.1, 0.15) is 39.3 Å². The Kier molecular flexibility index (Phi) is 7.38. The molecule has 34 heavy (non-hydrogen) atoms. The number of aryl methyl sites for hydroxylation is 1. The number of nitrogens with one attached hydrogen (secondary N) is 1. The maximum absolute atomic E-state index is 13.5. The van der Waals surface area contributed by atoms with Crippen molar-refractivity contribution in [3.63, 3.8) is 0 Å². The van der Waals surface area contributed by atoms with Gasteiger partial charge < -0.3 is 20.2 Å². The SMILES string of the molecule is O=C(NCCCc1nonc1C(Cc1ccc(F)c(Br)c1)=NO)c1ccc2c(c1)B(O)OC=C2. The maximum Gasteiger partial charge on any atom is 0.560 e. The molecule has 1 amide bonds. The molecule has 0 unspecified atom stereocenters. The number of fused-ring (bicyclic) bond motifs is 1. The molecule has 0 aliphatic carbocycles. The van der Waals surface area contributed by atoms with Crippen molar-refractivity contribution in [2.24, 2.45) is 5.16 Å². The summed E-state index contributed by atoms with van der Waals surface area (Å²) in [4.78, 5) is 12.5. The van der Waals surface area contributed by atoms with Gasteiger partial charge in [0.15, 0.2) is 5.69 Å². The number of benzene rings is 2. The van der Waals surface area contributed by atoms with Crippen LogP contribution in [-0.2, 0) is 17.5 Å². The first kappa shape index (κ1) is 23.6. The van der Waals surface area contributed by atoms with Gasteiger partial charge in [-0.05, 0) is 75.4 Å². The number of amides is 1. The predicted octanol–water partition coefficient (Wildman–Crippen LogP) is 2.44. The zero-order chi connectivity index (χ0) is 24.1. The van der Waals surface area contributed by atoms with Crippen LogP contribution in [0.25, 0.3) is 6.08 Å². The second-order valence-electron chi connectivity index (χ2n) is 7.53. The number of carbonyl (C=O) groups excluding carboxylic acids is 1. The smallest absolute Gasteiger partial charge is 0.538 e. The third kappa shape index (κ3) is 5.34. The third-order valence-electron chi connectivity index (χ3n) is 5.25. The fraction of sp³-hybridized carbons (Fsp3) is 0.182. The van der Waals surface area contributed by atoms with Crippen LogP contribution in [0.4, 0.5) is 4.39 Å². The number of carbonyl (C=O) groups is 1. The quantitative estimate of drug-likeness (QED) is 0.134. The molecular formula is C22H19BBrFN4O5. The lowest BCUT2D eigenvalue weighted by Crippen LogP contribution is -2.37. The molecule has 9 nitrogen and oxygen atoms in total. The highest BCUT2D eigenvalue weighted by atomic mass is 79.9. The molecule has 0 atom stereocenters. The second-order valence-corrected chi connectivity index (χ2v) is 8.38. The van der Waals surface area contributed by atoms with E-state index in [1.807, 2.05) is 0 Å². The molecule has 3 aromatic rings. The van der Waals surface area contributed by atoms with Crippen molar-refractivity contribution in [2.45, 2.75) is 19.3 Å². The van der Waals surface area contributed by atoms with Gasteiger partial charge >= 0.3 is 7.12 Å². The lowest BCUT2D eigenvalue weighted by molar-refractivity contribution is 0.0953. The fourth-order valence-electron chi connectivity index (χ4n) is 3.50. The largest absolute Gasteiger partial charge is 0.560 e. The summed E-state index contributed by atoms with van der Waals surface area (Å²) in [6, 6.07) is 9.49. The molecule has 4 rings (SSSR count). The van der Waals surface area contributed by atoms with Crippen LogP contribution in [0.3, 0.4) is 0 Å². The summed E-state index contributed by atoms with van der Waals surface area (Å²) in [7, 11) is -1.11. The van der Waals surface area contributed by atoms with Gasteiger partial charge in [0, 0.05) is 24.0 Å². The Morgan fingerprint density at radius 1 is 1.24 bits per heavy atom. The standard InChI is InChI=1S/C22H19BBrFN4O5/c24-17-10-13(3-6-18(17)25)11-20(27-32)21-19(28-34-29-21)2-1-8-26-22(30)15-5-4-14-7-9-33-23(31)16(14)12-15/h3-7,9-10,12,31-32H,1-2,8,11H2,(H,26,30). The van der Waals surface area contributed by atoms with E-state index >= 15 is 0 Å². The van der Waals surface area contributed by atoms with Gasteiger partial charge in [-0.25, -0.2) is 9.02 Å². The van der Waals surface area contributed by atoms with Crippen LogP contribution in [0.2, 0.25) is 0 Å². The Hall–Kier alpha value is -3.51. The normalized spacial score (nSPS) is 12.9. The van der Waals surface area contributed by atoms with Gasteiger partial charge in [0.05, 0.1) is 10.7 Å². The van der Waals surface area contributed by atoms with Crippen LogP contribution >= 0.6 is 15.9 Å². The molecule has 1 aliphatic rings. The molecule has 174 valence electrons. The van der Waals surface area contributed by atoms with E-state index in [9.17, 15) is 19.4 Å². The molecule has 1 aliphatic heterocycles. The van der Waals surface area contributed by atoms with E-state index in [1.54, 1.807) is 36.4 Å². The number of halogens is 2. The molecule has 0 radical (unpaired) electrons. The van der Waals surface area contributed by atoms with E-state index in [-0.39, 0.29) is 18.0 Å². The highest BCUT2D eigenvalue weighted by molar-refractivity contribution is 9.10. The topological polar surface area (TPSA) is 130 Å². The Bertz CT molecular complexity index is 1270. The summed E-state index contributed by atoms with van der Waals surface area (Å²) < 4.78 is 23.6. The van der Waals surface area contributed by atoms with E-state index < -0.39 is 12.9 Å². The molecule has 0 spiro atoms. The van der Waals surface area contributed by atoms with Gasteiger partial charge in [-0.1, -0.05) is 22.4 Å². The molecule has 12 heteroatoms. The summed E-state index contributed by atoms with van der Waals surface area (Å²) in [5, 5.41) is 33.3. The highest BCUT2D eigenvalue weighted by Gasteiger charge is 2.24. The first-order valence-electron chi connectivity index (χ1n) is 10.3. The molecule has 2 heterocycles. The number of oxime groups is 1. The van der Waals surface area contributed by atoms with Crippen molar-refractivity contribution in [2.75, 3.05) is 6.54 Å². The number of hydrogen-bond acceptors (Lipinski definition) is 8. The molecule has 0 saturated heterocycles. The van der Waals surface area contributed by atoms with Crippen LogP contribution in [-0.4, -0.2) is 45.8 Å². The van der Waals surface area contributed by atoms with E-state index in [0.29, 0.717) is 51.8 Å². The third-order valence-corrected chi connectivity index (χ3v) is 5.86. The molecule has 0 bridgehead atoms. The molecule has 0 saturated carbocycles. The first-order chi connectivity index (χ1) is 16.5. The minimum atomic E-state index is -1.11. The maximum atomic E-state index is 13.5. The van der Waals surface area contributed by atoms with Gasteiger partial charge in [0.25, 0.3) is 5.91 Å². The Morgan fingerprint density at radius 3 is 2.88 bits per heavy atom. The summed E-state index contributed by atoms with van der Waals surface area (Å²) in [6.07, 6.45) is 4.24. The fourth-order valence-corrected chi connectivity index (χ4v) is 3.93. The van der Waals surface area contributed by atoms with Crippen LogP contribution in [0.5, 0.6) is 0 Å². The van der Waals surface area contributed by atoms with E-state index in [0.717, 1.165) is 5.56 Å². The first-order valence-corrected chi connectivity index (χ1v) is 11.1. The van der Waals surface area contributed by atoms with Crippen LogP contribution in [0, 0.1) is 5.82 Å². The number of hydrogen-bond donors (Lipinski definition) is 3. The molecule has 0 fully saturated rings. The highest BCUT2D eigenvalue weighted by Crippen LogP contribution is 2.19. The van der Waals surface area contributed by atoms with E-state index in [4.69, 9.17) is 9.28 Å². The minimum Gasteiger partial charge on any atom is -0.538 e. The minimum absolute atomic E-state index is 0.191. The Labute approximate surface area is 202 Å². The number of nitrogens with zero attached hydrogens (tertiary/aromatic N) is 3. The van der Waals surface area contributed by atoms with Gasteiger partial charge in [-0.2, -0.15) is 0 Å². The van der Waals surface area contributed by atoms with Gasteiger partial charge in [0.1, 0.15) is 17.2 Å². The average Bonchev–Trinajstić information content (AvgIpc) is 3.30. The van der Waals surface area contributed by atoms with Crippen molar-refractivity contribution in [1.29, 1.82) is 0 Å². The van der Waals surface area contributed by atoms with Crippen molar-refractivity contribution in [3.8, 4) is 0 Å². The van der Waals surface area contributed by atoms with Crippen molar-refractivity contribution in [3.05, 3.63) is 81.0 Å². The van der Waals surface area contributed by atoms with E-state index in [1.165, 1.54) is 12.3 Å². The van der Waals surface area contributed by atoms with Gasteiger partial charge in [0.2, 0.25) is 0 Å². The summed E-state index contributed by atoms with van der Waals surface area (Å²) >= 11 is 3.13. The Morgan fingerprint density at radius 2 is 2.09 bits per heavy atom. The van der Waals surface area contributed by atoms with Crippen molar-refractivity contribution >= 4 is 46.2 Å². The van der Waals surface area contributed by atoms with Crippen molar-refractivity contribution < 1.29 is 28.7 Å². The predicted molar refractivity (Wildman–Crippen MR) is 125 cm³/mol. The Balaban J connectivity index is 1.33.